The Morgan fingerprint density at radius 3 is 2.44 bits per heavy atom. The van der Waals surface area contributed by atoms with Crippen LogP contribution in [0.25, 0.3) is 0 Å². The average molecular weight is 557 g/mol. The molecule has 0 aliphatic carbocycles. The number of benzene rings is 1. The second kappa shape index (κ2) is 12.4. The van der Waals surface area contributed by atoms with E-state index in [1.807, 2.05) is 28.0 Å². The first kappa shape index (κ1) is 26.8. The maximum atomic E-state index is 13.1. The van der Waals surface area contributed by atoms with Crippen LogP contribution in [0.15, 0.2) is 54.0 Å². The van der Waals surface area contributed by atoms with E-state index >= 15 is 0 Å². The van der Waals surface area contributed by atoms with Gasteiger partial charge in [-0.1, -0.05) is 24.3 Å². The minimum atomic E-state index is -2.94. The number of amides is 3. The van der Waals surface area contributed by atoms with Gasteiger partial charge in [0, 0.05) is 68.9 Å². The van der Waals surface area contributed by atoms with Crippen molar-refractivity contribution in [1.29, 1.82) is 0 Å². The molecule has 0 atom stereocenters. The molecule has 9 nitrogen and oxygen atoms in total. The monoisotopic (exact) mass is 556 g/mol. The second-order valence-electron chi connectivity index (χ2n) is 9.45. The highest BCUT2D eigenvalue weighted by Gasteiger charge is 2.30. The number of hydrogen-bond acceptors (Lipinski definition) is 7. The first-order valence-corrected chi connectivity index (χ1v) is 13.8. The molecule has 12 heteroatoms. The third-order valence-electron chi connectivity index (χ3n) is 7.02. The van der Waals surface area contributed by atoms with E-state index in [1.54, 1.807) is 29.8 Å². The number of carbonyl (C=O) groups excluding carboxylic acids is 2. The zero-order chi connectivity index (χ0) is 27.2. The molecule has 2 saturated heterocycles. The first-order chi connectivity index (χ1) is 19.0. The number of anilines is 1. The zero-order valence-corrected chi connectivity index (χ0v) is 22.2. The molecule has 0 spiro atoms. The Labute approximate surface area is 229 Å². The third kappa shape index (κ3) is 6.62. The van der Waals surface area contributed by atoms with Crippen LogP contribution in [-0.2, 0) is 6.54 Å². The Balaban J connectivity index is 1.09. The molecule has 39 heavy (non-hydrogen) atoms. The lowest BCUT2D eigenvalue weighted by atomic mass is 9.98. The number of para-hydroxylation sites is 1. The van der Waals surface area contributed by atoms with Gasteiger partial charge >= 0.3 is 12.6 Å². The summed E-state index contributed by atoms with van der Waals surface area (Å²) in [7, 11) is 0. The molecule has 1 N–H and O–H groups in total. The van der Waals surface area contributed by atoms with E-state index in [0.29, 0.717) is 37.4 Å². The van der Waals surface area contributed by atoms with Gasteiger partial charge in [-0.25, -0.2) is 14.8 Å². The van der Waals surface area contributed by atoms with Crippen molar-refractivity contribution in [2.24, 2.45) is 0 Å². The summed E-state index contributed by atoms with van der Waals surface area (Å²) in [5, 5.41) is 5.32. The van der Waals surface area contributed by atoms with Gasteiger partial charge in [0.25, 0.3) is 5.91 Å². The number of thiazole rings is 1. The van der Waals surface area contributed by atoms with E-state index in [9.17, 15) is 18.4 Å². The summed E-state index contributed by atoms with van der Waals surface area (Å²) in [5.74, 6) is 0.777. The van der Waals surface area contributed by atoms with Crippen LogP contribution in [-0.4, -0.2) is 77.6 Å². The molecule has 2 aliphatic rings. The smallest absolute Gasteiger partial charge is 0.387 e. The van der Waals surface area contributed by atoms with Gasteiger partial charge in [0.05, 0.1) is 5.01 Å². The van der Waals surface area contributed by atoms with Gasteiger partial charge in [-0.3, -0.25) is 4.79 Å². The minimum absolute atomic E-state index is 0.0307. The number of nitrogens with zero attached hydrogens (tertiary/aromatic N) is 5. The Bertz CT molecular complexity index is 1260. The molecular formula is C27H30F2N6O3S. The van der Waals surface area contributed by atoms with Crippen molar-refractivity contribution in [3.8, 4) is 5.75 Å². The van der Waals surface area contributed by atoms with Crippen LogP contribution >= 0.6 is 11.3 Å². The predicted molar refractivity (Wildman–Crippen MR) is 143 cm³/mol. The molecule has 206 valence electrons. The predicted octanol–water partition coefficient (Wildman–Crippen LogP) is 4.19. The standard InChI is InChI=1S/C27H30F2N6O3S/c28-26(29)38-22-6-2-1-5-20(22)17-31-24(36)21-18-39-25(32-21)19-8-11-34(12-9-19)27(37)35-15-13-33(14-16-35)23-7-3-4-10-30-23/h1-7,10,18-19,26H,8-9,11-17H2,(H,31,36). The van der Waals surface area contributed by atoms with Crippen LogP contribution < -0.4 is 15.0 Å². The molecule has 0 saturated carbocycles. The lowest BCUT2D eigenvalue weighted by molar-refractivity contribution is -0.0504. The van der Waals surface area contributed by atoms with Crippen molar-refractivity contribution < 1.29 is 23.1 Å². The largest absolute Gasteiger partial charge is 0.434 e. The summed E-state index contributed by atoms with van der Waals surface area (Å²) < 4.78 is 29.8. The summed E-state index contributed by atoms with van der Waals surface area (Å²) in [6.45, 7) is 1.25. The lowest BCUT2D eigenvalue weighted by Crippen LogP contribution is -2.54. The SMILES string of the molecule is O=C(NCc1ccccc1OC(F)F)c1csc(C2CCN(C(=O)N3CCN(c4ccccn4)CC3)CC2)n1. The van der Waals surface area contributed by atoms with Crippen LogP contribution in [0.3, 0.4) is 0 Å². The van der Waals surface area contributed by atoms with Crippen molar-refractivity contribution in [2.75, 3.05) is 44.2 Å². The topological polar surface area (TPSA) is 90.9 Å². The van der Waals surface area contributed by atoms with E-state index in [2.05, 4.69) is 24.9 Å². The number of alkyl halides is 2. The van der Waals surface area contributed by atoms with E-state index in [1.165, 1.54) is 17.4 Å². The summed E-state index contributed by atoms with van der Waals surface area (Å²) >= 11 is 1.43. The number of piperazine rings is 1. The van der Waals surface area contributed by atoms with Crippen LogP contribution in [0.1, 0.15) is 39.8 Å². The van der Waals surface area contributed by atoms with Gasteiger partial charge in [-0.05, 0) is 31.0 Å². The van der Waals surface area contributed by atoms with Crippen molar-refractivity contribution in [2.45, 2.75) is 31.9 Å². The zero-order valence-electron chi connectivity index (χ0n) is 21.3. The summed E-state index contributed by atoms with van der Waals surface area (Å²) in [6.07, 6.45) is 3.35. The lowest BCUT2D eigenvalue weighted by Gasteiger charge is -2.39. The van der Waals surface area contributed by atoms with E-state index < -0.39 is 6.61 Å². The Morgan fingerprint density at radius 1 is 1.00 bits per heavy atom. The Morgan fingerprint density at radius 2 is 1.72 bits per heavy atom. The highest BCUT2D eigenvalue weighted by molar-refractivity contribution is 7.09. The third-order valence-corrected chi connectivity index (χ3v) is 8.03. The van der Waals surface area contributed by atoms with E-state index in [0.717, 1.165) is 36.8 Å². The van der Waals surface area contributed by atoms with Crippen LogP contribution in [0.2, 0.25) is 0 Å². The van der Waals surface area contributed by atoms with Gasteiger partial charge in [0.1, 0.15) is 17.3 Å². The number of hydrogen-bond donors (Lipinski definition) is 1. The maximum absolute atomic E-state index is 13.1. The fraction of sp³-hybridized carbons (Fsp3) is 0.407. The van der Waals surface area contributed by atoms with Crippen LogP contribution in [0, 0.1) is 0 Å². The number of likely N-dealkylation sites (tertiary alicyclic amines) is 1. The number of ether oxygens (including phenoxy) is 1. The van der Waals surface area contributed by atoms with E-state index in [-0.39, 0.29) is 30.2 Å². The van der Waals surface area contributed by atoms with Gasteiger partial charge in [-0.15, -0.1) is 11.3 Å². The van der Waals surface area contributed by atoms with Crippen molar-refractivity contribution in [1.82, 2.24) is 25.1 Å². The number of rotatable bonds is 7. The molecule has 2 fully saturated rings. The highest BCUT2D eigenvalue weighted by atomic mass is 32.1. The van der Waals surface area contributed by atoms with Crippen LogP contribution in [0.4, 0.5) is 19.4 Å². The molecule has 0 radical (unpaired) electrons. The number of halogens is 2. The highest BCUT2D eigenvalue weighted by Crippen LogP contribution is 2.31. The number of piperidine rings is 1. The van der Waals surface area contributed by atoms with Gasteiger partial charge < -0.3 is 24.8 Å². The first-order valence-electron chi connectivity index (χ1n) is 12.9. The van der Waals surface area contributed by atoms with Crippen molar-refractivity contribution >= 4 is 29.1 Å². The van der Waals surface area contributed by atoms with E-state index in [4.69, 9.17) is 0 Å². The molecule has 5 rings (SSSR count). The number of pyridine rings is 1. The molecular weight excluding hydrogens is 526 g/mol. The number of aromatic nitrogens is 2. The molecule has 0 bridgehead atoms. The normalized spacial score (nSPS) is 16.4. The fourth-order valence-corrected chi connectivity index (χ4v) is 5.86. The molecule has 2 aromatic heterocycles. The summed E-state index contributed by atoms with van der Waals surface area (Å²) in [5.41, 5.74) is 0.753. The summed E-state index contributed by atoms with van der Waals surface area (Å²) in [4.78, 5) is 40.7. The number of urea groups is 1. The van der Waals surface area contributed by atoms with Crippen molar-refractivity contribution in [3.05, 3.63) is 70.3 Å². The number of carbonyl (C=O) groups is 2. The van der Waals surface area contributed by atoms with Crippen LogP contribution in [0.5, 0.6) is 5.75 Å². The second-order valence-corrected chi connectivity index (χ2v) is 10.3. The van der Waals surface area contributed by atoms with Gasteiger partial charge in [0.2, 0.25) is 0 Å². The maximum Gasteiger partial charge on any atom is 0.387 e. The number of nitrogens with one attached hydrogen (secondary N) is 1. The Kier molecular flexibility index (Phi) is 8.50. The summed E-state index contributed by atoms with van der Waals surface area (Å²) in [6, 6.07) is 12.3. The minimum Gasteiger partial charge on any atom is -0.434 e. The van der Waals surface area contributed by atoms with Gasteiger partial charge in [-0.2, -0.15) is 8.78 Å². The average Bonchev–Trinajstić information content (AvgIpc) is 3.47. The molecule has 3 aromatic rings. The molecule has 4 heterocycles. The van der Waals surface area contributed by atoms with Crippen molar-refractivity contribution in [3.63, 3.8) is 0 Å². The molecule has 0 unspecified atom stereocenters. The Hall–Kier alpha value is -3.80. The molecule has 2 aliphatic heterocycles. The quantitative estimate of drug-likeness (QED) is 0.470. The van der Waals surface area contributed by atoms with Gasteiger partial charge in [0.15, 0.2) is 0 Å². The molecule has 1 aromatic carbocycles. The molecule has 3 amide bonds. The fourth-order valence-electron chi connectivity index (χ4n) is 4.89.